The second-order valence-corrected chi connectivity index (χ2v) is 8.46. The van der Waals surface area contributed by atoms with Gasteiger partial charge in [0.15, 0.2) is 16.9 Å². The lowest BCUT2D eigenvalue weighted by Crippen LogP contribution is -2.29. The standard InChI is InChI=1S/C23H19N3O6S/c1-11-24-25-23(33-11)26-18(14-6-5-7-15(30-3)20(14)31-4)17-19(27)13-9-8-12(29-2)10-16(13)32-21(17)22(26)28/h5-10,18H,1-4H3/t18-/m1/s1. The molecule has 1 aliphatic heterocycles. The smallest absolute Gasteiger partial charge is 0.297 e. The maximum atomic E-state index is 13.7. The van der Waals surface area contributed by atoms with Crippen LogP contribution >= 0.6 is 11.3 Å². The predicted octanol–water partition coefficient (Wildman–Crippen LogP) is 3.73. The number of benzene rings is 2. The Morgan fingerprint density at radius 3 is 2.52 bits per heavy atom. The first kappa shape index (κ1) is 21.0. The van der Waals surface area contributed by atoms with Crippen molar-refractivity contribution >= 4 is 33.3 Å². The van der Waals surface area contributed by atoms with Crippen LogP contribution in [0.4, 0.5) is 5.13 Å². The lowest BCUT2D eigenvalue weighted by Gasteiger charge is -2.24. The molecule has 2 aromatic carbocycles. The van der Waals surface area contributed by atoms with Crippen LogP contribution in [0, 0.1) is 6.92 Å². The highest BCUT2D eigenvalue weighted by Crippen LogP contribution is 2.46. The molecule has 3 heterocycles. The van der Waals surface area contributed by atoms with Crippen LogP contribution < -0.4 is 24.5 Å². The Kier molecular flexibility index (Phi) is 5.01. The molecule has 1 aliphatic rings. The number of rotatable bonds is 5. The van der Waals surface area contributed by atoms with Crippen LogP contribution in [0.3, 0.4) is 0 Å². The number of aryl methyl sites for hydroxylation is 1. The zero-order valence-electron chi connectivity index (χ0n) is 18.2. The predicted molar refractivity (Wildman–Crippen MR) is 122 cm³/mol. The highest BCUT2D eigenvalue weighted by molar-refractivity contribution is 7.15. The summed E-state index contributed by atoms with van der Waals surface area (Å²) >= 11 is 1.24. The quantitative estimate of drug-likeness (QED) is 0.439. The van der Waals surface area contributed by atoms with Gasteiger partial charge in [0.05, 0.1) is 32.3 Å². The molecule has 0 saturated heterocycles. The monoisotopic (exact) mass is 465 g/mol. The van der Waals surface area contributed by atoms with Crippen LogP contribution in [-0.4, -0.2) is 37.4 Å². The lowest BCUT2D eigenvalue weighted by molar-refractivity contribution is 0.0970. The first-order valence-electron chi connectivity index (χ1n) is 9.97. The van der Waals surface area contributed by atoms with Gasteiger partial charge in [-0.25, -0.2) is 0 Å². The van der Waals surface area contributed by atoms with E-state index in [0.29, 0.717) is 38.3 Å². The van der Waals surface area contributed by atoms with Gasteiger partial charge in [0.2, 0.25) is 10.9 Å². The number of amides is 1. The molecule has 168 valence electrons. The van der Waals surface area contributed by atoms with Crippen LogP contribution in [0.2, 0.25) is 0 Å². The summed E-state index contributed by atoms with van der Waals surface area (Å²) in [6.07, 6.45) is 0. The second kappa shape index (κ2) is 7.89. The van der Waals surface area contributed by atoms with Gasteiger partial charge in [-0.2, -0.15) is 0 Å². The maximum Gasteiger partial charge on any atom is 0.297 e. The molecule has 1 amide bonds. The van der Waals surface area contributed by atoms with E-state index in [9.17, 15) is 9.59 Å². The van der Waals surface area contributed by atoms with E-state index in [1.807, 2.05) is 0 Å². The summed E-state index contributed by atoms with van der Waals surface area (Å²) in [4.78, 5) is 28.7. The Hall–Kier alpha value is -3.92. The third kappa shape index (κ3) is 3.13. The average molecular weight is 465 g/mol. The summed E-state index contributed by atoms with van der Waals surface area (Å²) in [6.45, 7) is 1.79. The number of carbonyl (C=O) groups is 1. The Labute approximate surface area is 192 Å². The van der Waals surface area contributed by atoms with Crippen molar-refractivity contribution in [2.24, 2.45) is 0 Å². The van der Waals surface area contributed by atoms with E-state index >= 15 is 0 Å². The van der Waals surface area contributed by atoms with E-state index in [1.165, 1.54) is 37.6 Å². The topological polar surface area (TPSA) is 104 Å². The van der Waals surface area contributed by atoms with Crippen molar-refractivity contribution < 1.29 is 23.4 Å². The van der Waals surface area contributed by atoms with Crippen LogP contribution in [-0.2, 0) is 0 Å². The molecule has 5 rings (SSSR count). The minimum absolute atomic E-state index is 0.0523. The Morgan fingerprint density at radius 1 is 1.03 bits per heavy atom. The van der Waals surface area contributed by atoms with Crippen LogP contribution in [0.25, 0.3) is 11.0 Å². The van der Waals surface area contributed by atoms with Crippen LogP contribution in [0.1, 0.15) is 32.7 Å². The third-order valence-electron chi connectivity index (χ3n) is 5.53. The molecule has 2 aromatic heterocycles. The van der Waals surface area contributed by atoms with Crippen molar-refractivity contribution in [3.8, 4) is 17.2 Å². The molecule has 1 atom stereocenters. The zero-order chi connectivity index (χ0) is 23.3. The highest BCUT2D eigenvalue weighted by atomic mass is 32.1. The highest BCUT2D eigenvalue weighted by Gasteiger charge is 2.46. The number of carbonyl (C=O) groups excluding carboxylic acids is 1. The molecular weight excluding hydrogens is 446 g/mol. The fraction of sp³-hybridized carbons (Fsp3) is 0.217. The molecule has 33 heavy (non-hydrogen) atoms. The fourth-order valence-electron chi connectivity index (χ4n) is 4.08. The molecule has 0 unspecified atom stereocenters. The molecule has 4 aromatic rings. The fourth-order valence-corrected chi connectivity index (χ4v) is 4.79. The minimum atomic E-state index is -0.840. The number of aromatic nitrogens is 2. The number of anilines is 1. The van der Waals surface area contributed by atoms with Crippen LogP contribution in [0.5, 0.6) is 17.2 Å². The summed E-state index contributed by atoms with van der Waals surface area (Å²) in [5.74, 6) is 0.852. The Balaban J connectivity index is 1.84. The number of para-hydroxylation sites is 1. The number of fused-ring (bicyclic) bond motifs is 2. The number of hydrogen-bond donors (Lipinski definition) is 0. The van der Waals surface area contributed by atoms with Crippen molar-refractivity contribution in [1.29, 1.82) is 0 Å². The van der Waals surface area contributed by atoms with Gasteiger partial charge in [-0.3, -0.25) is 14.5 Å². The molecule has 0 radical (unpaired) electrons. The van der Waals surface area contributed by atoms with Crippen molar-refractivity contribution in [3.63, 3.8) is 0 Å². The van der Waals surface area contributed by atoms with Gasteiger partial charge in [-0.05, 0) is 25.1 Å². The van der Waals surface area contributed by atoms with Crippen molar-refractivity contribution in [3.05, 3.63) is 68.5 Å². The number of methoxy groups -OCH3 is 3. The molecular formula is C23H19N3O6S. The average Bonchev–Trinajstić information content (AvgIpc) is 3.38. The van der Waals surface area contributed by atoms with E-state index in [1.54, 1.807) is 43.3 Å². The Bertz CT molecular complexity index is 1460. The first-order valence-corrected chi connectivity index (χ1v) is 10.8. The summed E-state index contributed by atoms with van der Waals surface area (Å²) < 4.78 is 22.3. The zero-order valence-corrected chi connectivity index (χ0v) is 19.1. The Morgan fingerprint density at radius 2 is 1.85 bits per heavy atom. The molecule has 0 fully saturated rings. The molecule has 0 bridgehead atoms. The molecule has 0 spiro atoms. The third-order valence-corrected chi connectivity index (χ3v) is 6.37. The van der Waals surface area contributed by atoms with E-state index in [4.69, 9.17) is 18.6 Å². The van der Waals surface area contributed by atoms with Gasteiger partial charge < -0.3 is 18.6 Å². The minimum Gasteiger partial charge on any atom is -0.497 e. The molecule has 0 saturated carbocycles. The SMILES string of the molecule is COc1ccc2c(=O)c3c(oc2c1)C(=O)N(c1nnc(C)s1)[C@@H]3c1cccc(OC)c1OC. The normalized spacial score (nSPS) is 15.1. The van der Waals surface area contributed by atoms with Crippen molar-refractivity contribution in [2.45, 2.75) is 13.0 Å². The summed E-state index contributed by atoms with van der Waals surface area (Å²) in [7, 11) is 4.55. The summed E-state index contributed by atoms with van der Waals surface area (Å²) in [5.41, 5.74) is 0.716. The summed E-state index contributed by atoms with van der Waals surface area (Å²) in [5, 5.41) is 9.59. The van der Waals surface area contributed by atoms with Gasteiger partial charge in [-0.15, -0.1) is 10.2 Å². The van der Waals surface area contributed by atoms with Crippen molar-refractivity contribution in [2.75, 3.05) is 26.2 Å². The van der Waals surface area contributed by atoms with E-state index in [2.05, 4.69) is 10.2 Å². The molecule has 10 heteroatoms. The lowest BCUT2D eigenvalue weighted by atomic mass is 9.97. The summed E-state index contributed by atoms with van der Waals surface area (Å²) in [6, 6.07) is 9.35. The first-order chi connectivity index (χ1) is 16.0. The number of ether oxygens (including phenoxy) is 3. The van der Waals surface area contributed by atoms with E-state index in [-0.39, 0.29) is 22.3 Å². The van der Waals surface area contributed by atoms with Crippen LogP contribution in [0.15, 0.2) is 45.6 Å². The second-order valence-electron chi connectivity index (χ2n) is 7.30. The van der Waals surface area contributed by atoms with Gasteiger partial charge in [0, 0.05) is 11.6 Å². The van der Waals surface area contributed by atoms with Gasteiger partial charge >= 0.3 is 0 Å². The maximum absolute atomic E-state index is 13.7. The van der Waals surface area contributed by atoms with E-state index in [0.717, 1.165) is 0 Å². The largest absolute Gasteiger partial charge is 0.497 e. The van der Waals surface area contributed by atoms with Crippen molar-refractivity contribution in [1.82, 2.24) is 10.2 Å². The van der Waals surface area contributed by atoms with Gasteiger partial charge in [-0.1, -0.05) is 23.5 Å². The van der Waals surface area contributed by atoms with Gasteiger partial charge in [0.25, 0.3) is 5.91 Å². The van der Waals surface area contributed by atoms with E-state index < -0.39 is 11.9 Å². The number of nitrogens with zero attached hydrogens (tertiary/aromatic N) is 3. The number of hydrogen-bond acceptors (Lipinski definition) is 9. The molecule has 0 N–H and O–H groups in total. The molecule has 0 aliphatic carbocycles. The van der Waals surface area contributed by atoms with Gasteiger partial charge in [0.1, 0.15) is 22.4 Å². The molecule has 9 nitrogen and oxygen atoms in total.